The quantitative estimate of drug-likeness (QED) is 0.584. The lowest BCUT2D eigenvalue weighted by atomic mass is 9.88. The number of carbonyl (C=O) groups excluding carboxylic acids is 1. The Bertz CT molecular complexity index is 1090. The fourth-order valence-corrected chi connectivity index (χ4v) is 4.68. The van der Waals surface area contributed by atoms with Crippen LogP contribution in [-0.2, 0) is 17.8 Å². The topological polar surface area (TPSA) is 60.5 Å². The number of amides is 1. The number of aryl methyl sites for hydroxylation is 1. The van der Waals surface area contributed by atoms with Gasteiger partial charge in [0.25, 0.3) is 5.91 Å². The van der Waals surface area contributed by atoms with Gasteiger partial charge in [-0.1, -0.05) is 30.3 Å². The Hall–Kier alpha value is -2.41. The summed E-state index contributed by atoms with van der Waals surface area (Å²) in [4.78, 5) is 15.4. The van der Waals surface area contributed by atoms with Crippen molar-refractivity contribution in [1.29, 1.82) is 0 Å². The summed E-state index contributed by atoms with van der Waals surface area (Å²) in [6.07, 6.45) is 3.70. The van der Waals surface area contributed by atoms with E-state index in [0.717, 1.165) is 40.4 Å². The SMILES string of the molecule is COCCn1cc(C(=O)N2CCC(c3ccc(F)c(CN)c3)CC2)c2cccc(C)c21.Cl. The van der Waals surface area contributed by atoms with Crippen LogP contribution < -0.4 is 5.73 Å². The van der Waals surface area contributed by atoms with Crippen LogP contribution in [0, 0.1) is 12.7 Å². The Morgan fingerprint density at radius 3 is 2.66 bits per heavy atom. The average Bonchev–Trinajstić information content (AvgIpc) is 3.17. The number of piperidine rings is 1. The van der Waals surface area contributed by atoms with Gasteiger partial charge in [0.05, 0.1) is 17.7 Å². The van der Waals surface area contributed by atoms with Crippen molar-refractivity contribution < 1.29 is 13.9 Å². The smallest absolute Gasteiger partial charge is 0.256 e. The number of nitrogens with two attached hydrogens (primary N) is 1. The molecule has 2 aromatic carbocycles. The van der Waals surface area contributed by atoms with Crippen LogP contribution in [-0.4, -0.2) is 42.2 Å². The van der Waals surface area contributed by atoms with Gasteiger partial charge in [0, 0.05) is 50.4 Å². The van der Waals surface area contributed by atoms with Crippen LogP contribution in [0.5, 0.6) is 0 Å². The van der Waals surface area contributed by atoms with E-state index in [9.17, 15) is 9.18 Å². The van der Waals surface area contributed by atoms with Gasteiger partial charge in [-0.25, -0.2) is 4.39 Å². The fraction of sp³-hybridized carbons (Fsp3) is 0.400. The van der Waals surface area contributed by atoms with Gasteiger partial charge in [-0.05, 0) is 42.9 Å². The van der Waals surface area contributed by atoms with Crippen molar-refractivity contribution in [2.75, 3.05) is 26.8 Å². The van der Waals surface area contributed by atoms with Gasteiger partial charge in [0.15, 0.2) is 0 Å². The summed E-state index contributed by atoms with van der Waals surface area (Å²) < 4.78 is 21.2. The number of methoxy groups -OCH3 is 1. The molecule has 7 heteroatoms. The maximum absolute atomic E-state index is 13.8. The fourth-order valence-electron chi connectivity index (χ4n) is 4.68. The average molecular weight is 460 g/mol. The summed E-state index contributed by atoms with van der Waals surface area (Å²) >= 11 is 0. The Balaban J connectivity index is 0.00000289. The minimum absolute atomic E-state index is 0. The van der Waals surface area contributed by atoms with Gasteiger partial charge in [-0.3, -0.25) is 4.79 Å². The first-order chi connectivity index (χ1) is 15.0. The molecule has 0 saturated carbocycles. The Labute approximate surface area is 194 Å². The molecule has 2 heterocycles. The van der Waals surface area contributed by atoms with Gasteiger partial charge < -0.3 is 19.9 Å². The zero-order chi connectivity index (χ0) is 22.0. The molecule has 1 aliphatic heterocycles. The molecule has 1 amide bonds. The van der Waals surface area contributed by atoms with Gasteiger partial charge in [0.2, 0.25) is 0 Å². The van der Waals surface area contributed by atoms with E-state index in [1.807, 2.05) is 35.4 Å². The van der Waals surface area contributed by atoms with Crippen LogP contribution in [0.15, 0.2) is 42.6 Å². The molecule has 1 aliphatic rings. The highest BCUT2D eigenvalue weighted by molar-refractivity contribution is 6.07. The van der Waals surface area contributed by atoms with E-state index in [1.165, 1.54) is 6.07 Å². The number of hydrogen-bond donors (Lipinski definition) is 1. The zero-order valence-electron chi connectivity index (χ0n) is 18.6. The van der Waals surface area contributed by atoms with Crippen LogP contribution in [0.25, 0.3) is 10.9 Å². The van der Waals surface area contributed by atoms with Crippen LogP contribution in [0.2, 0.25) is 0 Å². The summed E-state index contributed by atoms with van der Waals surface area (Å²) in [6, 6.07) is 11.3. The molecule has 4 rings (SSSR count). The third-order valence-corrected chi connectivity index (χ3v) is 6.41. The lowest BCUT2D eigenvalue weighted by Gasteiger charge is -2.32. The predicted molar refractivity (Wildman–Crippen MR) is 128 cm³/mol. The van der Waals surface area contributed by atoms with E-state index in [-0.39, 0.29) is 30.7 Å². The number of para-hydroxylation sites is 1. The molecule has 0 spiro atoms. The zero-order valence-corrected chi connectivity index (χ0v) is 19.5. The first kappa shape index (κ1) is 24.2. The van der Waals surface area contributed by atoms with E-state index in [4.69, 9.17) is 10.5 Å². The second-order valence-electron chi connectivity index (χ2n) is 8.32. The van der Waals surface area contributed by atoms with Gasteiger partial charge >= 0.3 is 0 Å². The molecule has 0 unspecified atom stereocenters. The largest absolute Gasteiger partial charge is 0.383 e. The molecule has 0 bridgehead atoms. The Morgan fingerprint density at radius 2 is 1.97 bits per heavy atom. The molecular formula is C25H31ClFN3O2. The lowest BCUT2D eigenvalue weighted by Crippen LogP contribution is -2.37. The molecule has 2 N–H and O–H groups in total. The summed E-state index contributed by atoms with van der Waals surface area (Å²) in [5.41, 5.74) is 10.3. The molecule has 0 atom stereocenters. The standard InChI is InChI=1S/C25H30FN3O2.ClH/c1-17-4-3-5-21-22(16-29(24(17)21)12-13-31-2)25(30)28-10-8-18(9-11-28)19-6-7-23(26)20(14-19)15-27;/h3-7,14,16,18H,8-13,15,27H2,1-2H3;1H. The molecule has 172 valence electrons. The summed E-state index contributed by atoms with van der Waals surface area (Å²) in [6.45, 7) is 4.96. The van der Waals surface area contributed by atoms with Gasteiger partial charge in [-0.15, -0.1) is 12.4 Å². The van der Waals surface area contributed by atoms with Crippen LogP contribution in [0.3, 0.4) is 0 Å². The first-order valence-electron chi connectivity index (χ1n) is 10.9. The van der Waals surface area contributed by atoms with Crippen molar-refractivity contribution >= 4 is 29.2 Å². The molecule has 3 aromatic rings. The van der Waals surface area contributed by atoms with E-state index < -0.39 is 0 Å². The highest BCUT2D eigenvalue weighted by Gasteiger charge is 2.27. The molecule has 1 saturated heterocycles. The van der Waals surface area contributed by atoms with Crippen molar-refractivity contribution in [3.8, 4) is 0 Å². The first-order valence-corrected chi connectivity index (χ1v) is 10.9. The minimum atomic E-state index is -0.251. The Kier molecular flexibility index (Phi) is 7.93. The van der Waals surface area contributed by atoms with Crippen molar-refractivity contribution in [1.82, 2.24) is 9.47 Å². The lowest BCUT2D eigenvalue weighted by molar-refractivity contribution is 0.0714. The third kappa shape index (κ3) is 4.68. The summed E-state index contributed by atoms with van der Waals surface area (Å²) in [5.74, 6) is 0.145. The normalized spacial score (nSPS) is 14.6. The molecule has 0 radical (unpaired) electrons. The van der Waals surface area contributed by atoms with E-state index >= 15 is 0 Å². The maximum atomic E-state index is 13.8. The third-order valence-electron chi connectivity index (χ3n) is 6.41. The second-order valence-corrected chi connectivity index (χ2v) is 8.32. The number of ether oxygens (including phenoxy) is 1. The maximum Gasteiger partial charge on any atom is 0.256 e. The molecule has 1 fully saturated rings. The van der Waals surface area contributed by atoms with Crippen molar-refractivity contribution in [3.63, 3.8) is 0 Å². The van der Waals surface area contributed by atoms with Crippen molar-refractivity contribution in [2.24, 2.45) is 5.73 Å². The summed E-state index contributed by atoms with van der Waals surface area (Å²) in [7, 11) is 1.69. The Morgan fingerprint density at radius 1 is 1.22 bits per heavy atom. The second kappa shape index (κ2) is 10.5. The van der Waals surface area contributed by atoms with Crippen LogP contribution >= 0.6 is 12.4 Å². The van der Waals surface area contributed by atoms with Crippen molar-refractivity contribution in [3.05, 3.63) is 70.7 Å². The minimum Gasteiger partial charge on any atom is -0.383 e. The molecular weight excluding hydrogens is 429 g/mol. The van der Waals surface area contributed by atoms with Crippen molar-refractivity contribution in [2.45, 2.75) is 38.8 Å². The molecule has 1 aromatic heterocycles. The molecule has 0 aliphatic carbocycles. The number of aromatic nitrogens is 1. The number of nitrogens with zero attached hydrogens (tertiary/aromatic N) is 2. The van der Waals surface area contributed by atoms with E-state index in [0.29, 0.717) is 37.7 Å². The molecule has 32 heavy (non-hydrogen) atoms. The number of carbonyl (C=O) groups is 1. The van der Waals surface area contributed by atoms with Crippen LogP contribution in [0.4, 0.5) is 4.39 Å². The predicted octanol–water partition coefficient (Wildman–Crippen LogP) is 4.64. The number of benzene rings is 2. The number of hydrogen-bond acceptors (Lipinski definition) is 3. The summed E-state index contributed by atoms with van der Waals surface area (Å²) in [5, 5.41) is 0.995. The number of fused-ring (bicyclic) bond motifs is 1. The number of rotatable bonds is 6. The number of likely N-dealkylation sites (tertiary alicyclic amines) is 1. The van der Waals surface area contributed by atoms with Gasteiger partial charge in [0.1, 0.15) is 5.82 Å². The van der Waals surface area contributed by atoms with E-state index in [1.54, 1.807) is 7.11 Å². The monoisotopic (exact) mass is 459 g/mol. The van der Waals surface area contributed by atoms with E-state index in [2.05, 4.69) is 17.6 Å². The highest BCUT2D eigenvalue weighted by atomic mass is 35.5. The number of halogens is 2. The highest BCUT2D eigenvalue weighted by Crippen LogP contribution is 2.31. The molecule has 5 nitrogen and oxygen atoms in total. The van der Waals surface area contributed by atoms with Crippen LogP contribution in [0.1, 0.15) is 45.8 Å². The van der Waals surface area contributed by atoms with Gasteiger partial charge in [-0.2, -0.15) is 0 Å².